The van der Waals surface area contributed by atoms with E-state index in [0.717, 1.165) is 44.4 Å². The molecule has 2 N–H and O–H groups in total. The Morgan fingerprint density at radius 1 is 1.06 bits per heavy atom. The Labute approximate surface area is 177 Å². The maximum atomic E-state index is 13.2. The molecule has 5 rings (SSSR count). The molecule has 0 fully saturated rings. The zero-order valence-corrected chi connectivity index (χ0v) is 17.6. The van der Waals surface area contributed by atoms with Crippen LogP contribution in [0.3, 0.4) is 0 Å². The van der Waals surface area contributed by atoms with Crippen LogP contribution in [0.5, 0.6) is 5.88 Å². The SMILES string of the molecule is COc1ncc(-c2ccc3ncc4c(c3c2)n(-c2cn(C)nc2C)c(=O)n4C)cc1N. The molecule has 0 aliphatic rings. The lowest BCUT2D eigenvalue weighted by molar-refractivity contribution is 0.400. The normalized spacial score (nSPS) is 11.5. The first-order valence-electron chi connectivity index (χ1n) is 9.69. The number of anilines is 1. The molecule has 0 amide bonds. The van der Waals surface area contributed by atoms with Gasteiger partial charge in [-0.25, -0.2) is 9.78 Å². The summed E-state index contributed by atoms with van der Waals surface area (Å²) in [5, 5.41) is 5.27. The average molecular weight is 415 g/mol. The largest absolute Gasteiger partial charge is 0.480 e. The van der Waals surface area contributed by atoms with Gasteiger partial charge in [0.05, 0.1) is 46.9 Å². The topological polar surface area (TPSA) is 106 Å². The fraction of sp³-hybridized carbons (Fsp3) is 0.182. The lowest BCUT2D eigenvalue weighted by atomic mass is 10.0. The number of nitrogens with two attached hydrogens (primary N) is 1. The lowest BCUT2D eigenvalue weighted by Gasteiger charge is -2.09. The van der Waals surface area contributed by atoms with Crippen LogP contribution in [0.15, 0.2) is 47.7 Å². The Morgan fingerprint density at radius 2 is 1.87 bits per heavy atom. The molecule has 31 heavy (non-hydrogen) atoms. The van der Waals surface area contributed by atoms with Gasteiger partial charge in [0, 0.05) is 37.4 Å². The number of hydrogen-bond donors (Lipinski definition) is 1. The summed E-state index contributed by atoms with van der Waals surface area (Å²) >= 11 is 0. The van der Waals surface area contributed by atoms with Crippen LogP contribution in [-0.4, -0.2) is 36.0 Å². The highest BCUT2D eigenvalue weighted by molar-refractivity contribution is 6.04. The zero-order valence-electron chi connectivity index (χ0n) is 17.6. The Hall–Kier alpha value is -4.14. The van der Waals surface area contributed by atoms with Crippen molar-refractivity contribution in [3.8, 4) is 22.7 Å². The summed E-state index contributed by atoms with van der Waals surface area (Å²) in [4.78, 5) is 22.0. The third kappa shape index (κ3) is 2.77. The van der Waals surface area contributed by atoms with E-state index in [1.165, 1.54) is 7.11 Å². The van der Waals surface area contributed by atoms with Gasteiger partial charge in [-0.3, -0.25) is 18.8 Å². The van der Waals surface area contributed by atoms with Crippen LogP contribution >= 0.6 is 0 Å². The number of hydrogen-bond acceptors (Lipinski definition) is 6. The molecule has 0 saturated carbocycles. The number of methoxy groups -OCH3 is 1. The molecule has 1 aromatic carbocycles. The van der Waals surface area contributed by atoms with Crippen LogP contribution in [0.2, 0.25) is 0 Å². The first kappa shape index (κ1) is 18.9. The predicted octanol–water partition coefficient (Wildman–Crippen LogP) is 2.57. The molecular formula is C22H21N7O2. The molecule has 0 spiro atoms. The standard InChI is InChI=1S/C22H21N7O2/c1-12-19(11-27(2)26-12)29-20-15-7-13(14-8-16(23)21(31-4)25-9-14)5-6-17(15)24-10-18(20)28(3)22(29)30/h5-11H,23H2,1-4H3. The van der Waals surface area contributed by atoms with Gasteiger partial charge < -0.3 is 10.5 Å². The van der Waals surface area contributed by atoms with Gasteiger partial charge in [0.2, 0.25) is 5.88 Å². The van der Waals surface area contributed by atoms with Crippen LogP contribution in [-0.2, 0) is 14.1 Å². The van der Waals surface area contributed by atoms with Crippen molar-refractivity contribution in [1.82, 2.24) is 28.9 Å². The zero-order chi connectivity index (χ0) is 21.9. The number of ether oxygens (including phenoxy) is 1. The van der Waals surface area contributed by atoms with Crippen molar-refractivity contribution in [2.45, 2.75) is 6.92 Å². The minimum atomic E-state index is -0.152. The molecule has 0 atom stereocenters. The third-order valence-corrected chi connectivity index (χ3v) is 5.52. The van der Waals surface area contributed by atoms with Gasteiger partial charge in [-0.15, -0.1) is 0 Å². The molecule has 0 bridgehead atoms. The van der Waals surface area contributed by atoms with E-state index < -0.39 is 0 Å². The Balaban J connectivity index is 1.84. The number of fused-ring (bicyclic) bond motifs is 3. The molecule has 0 radical (unpaired) electrons. The van der Waals surface area contributed by atoms with E-state index in [4.69, 9.17) is 10.5 Å². The highest BCUT2D eigenvalue weighted by Gasteiger charge is 2.19. The van der Waals surface area contributed by atoms with E-state index in [2.05, 4.69) is 15.1 Å². The summed E-state index contributed by atoms with van der Waals surface area (Å²) in [7, 11) is 5.12. The van der Waals surface area contributed by atoms with Gasteiger partial charge in [0.25, 0.3) is 0 Å². The van der Waals surface area contributed by atoms with Crippen molar-refractivity contribution in [1.29, 1.82) is 0 Å². The number of aryl methyl sites for hydroxylation is 3. The molecule has 0 saturated heterocycles. The van der Waals surface area contributed by atoms with E-state index in [0.29, 0.717) is 11.6 Å². The number of aromatic nitrogens is 6. The second kappa shape index (κ2) is 6.69. The van der Waals surface area contributed by atoms with E-state index in [1.54, 1.807) is 33.3 Å². The summed E-state index contributed by atoms with van der Waals surface area (Å²) < 4.78 is 10.2. The first-order chi connectivity index (χ1) is 14.9. The van der Waals surface area contributed by atoms with Gasteiger partial charge in [0.1, 0.15) is 0 Å². The highest BCUT2D eigenvalue weighted by Crippen LogP contribution is 2.31. The second-order valence-electron chi connectivity index (χ2n) is 7.50. The van der Waals surface area contributed by atoms with E-state index in [1.807, 2.05) is 44.4 Å². The number of pyridine rings is 2. The maximum Gasteiger partial charge on any atom is 0.333 e. The van der Waals surface area contributed by atoms with Crippen LogP contribution in [0.1, 0.15) is 5.69 Å². The van der Waals surface area contributed by atoms with Crippen molar-refractivity contribution in [3.63, 3.8) is 0 Å². The van der Waals surface area contributed by atoms with Gasteiger partial charge in [-0.2, -0.15) is 5.10 Å². The minimum absolute atomic E-state index is 0.152. The molecule has 5 aromatic rings. The summed E-state index contributed by atoms with van der Waals surface area (Å²) in [5.74, 6) is 0.387. The predicted molar refractivity (Wildman–Crippen MR) is 120 cm³/mol. The van der Waals surface area contributed by atoms with Crippen LogP contribution in [0, 0.1) is 6.92 Å². The molecule has 4 aromatic heterocycles. The number of imidazole rings is 1. The van der Waals surface area contributed by atoms with Crippen molar-refractivity contribution < 1.29 is 4.74 Å². The van der Waals surface area contributed by atoms with Gasteiger partial charge in [-0.1, -0.05) is 6.07 Å². The second-order valence-corrected chi connectivity index (χ2v) is 7.50. The molecule has 9 nitrogen and oxygen atoms in total. The van der Waals surface area contributed by atoms with Crippen LogP contribution < -0.4 is 16.2 Å². The number of nitrogen functional groups attached to an aromatic ring is 1. The number of rotatable bonds is 3. The van der Waals surface area contributed by atoms with Crippen molar-refractivity contribution in [2.24, 2.45) is 14.1 Å². The Kier molecular flexibility index (Phi) is 4.07. The van der Waals surface area contributed by atoms with Crippen molar-refractivity contribution in [3.05, 3.63) is 59.0 Å². The molecule has 0 aliphatic carbocycles. The molecule has 156 valence electrons. The molecule has 0 unspecified atom stereocenters. The summed E-state index contributed by atoms with van der Waals surface area (Å²) in [6.07, 6.45) is 5.29. The molecular weight excluding hydrogens is 394 g/mol. The summed E-state index contributed by atoms with van der Waals surface area (Å²) in [6, 6.07) is 7.73. The minimum Gasteiger partial charge on any atom is -0.480 e. The van der Waals surface area contributed by atoms with Crippen LogP contribution in [0.25, 0.3) is 38.8 Å². The maximum absolute atomic E-state index is 13.2. The molecule has 9 heteroatoms. The van der Waals surface area contributed by atoms with E-state index in [9.17, 15) is 4.79 Å². The van der Waals surface area contributed by atoms with E-state index >= 15 is 0 Å². The quantitative estimate of drug-likeness (QED) is 0.485. The van der Waals surface area contributed by atoms with Crippen LogP contribution in [0.4, 0.5) is 5.69 Å². The summed E-state index contributed by atoms with van der Waals surface area (Å²) in [5.41, 5.74) is 11.9. The third-order valence-electron chi connectivity index (χ3n) is 5.52. The lowest BCUT2D eigenvalue weighted by Crippen LogP contribution is -2.21. The summed E-state index contributed by atoms with van der Waals surface area (Å²) in [6.45, 7) is 1.89. The van der Waals surface area contributed by atoms with Gasteiger partial charge in [0.15, 0.2) is 0 Å². The Morgan fingerprint density at radius 3 is 2.55 bits per heavy atom. The highest BCUT2D eigenvalue weighted by atomic mass is 16.5. The monoisotopic (exact) mass is 415 g/mol. The fourth-order valence-corrected chi connectivity index (χ4v) is 4.00. The van der Waals surface area contributed by atoms with Crippen molar-refractivity contribution >= 4 is 27.6 Å². The van der Waals surface area contributed by atoms with Crippen molar-refractivity contribution in [2.75, 3.05) is 12.8 Å². The van der Waals surface area contributed by atoms with E-state index in [-0.39, 0.29) is 5.69 Å². The fourth-order valence-electron chi connectivity index (χ4n) is 4.00. The first-order valence-corrected chi connectivity index (χ1v) is 9.69. The van der Waals surface area contributed by atoms with Gasteiger partial charge >= 0.3 is 5.69 Å². The number of nitrogens with zero attached hydrogens (tertiary/aromatic N) is 6. The van der Waals surface area contributed by atoms with Gasteiger partial charge in [-0.05, 0) is 30.7 Å². The number of benzene rings is 1. The smallest absolute Gasteiger partial charge is 0.333 e. The molecule has 4 heterocycles. The molecule has 0 aliphatic heterocycles. The Bertz CT molecular complexity index is 1540. The average Bonchev–Trinajstić information content (AvgIpc) is 3.22.